The zero-order valence-corrected chi connectivity index (χ0v) is 26.0. The van der Waals surface area contributed by atoms with Crippen LogP contribution >= 0.6 is 15.9 Å². The second-order valence-corrected chi connectivity index (χ2v) is 14.1. The zero-order valence-electron chi connectivity index (χ0n) is 22.7. The van der Waals surface area contributed by atoms with Gasteiger partial charge in [0.15, 0.2) is 0 Å². The average molecular weight is 667 g/mol. The number of hydrogen-bond donors (Lipinski definition) is 1. The molecule has 1 aliphatic rings. The zero-order chi connectivity index (χ0) is 29.6. The van der Waals surface area contributed by atoms with Crippen molar-refractivity contribution < 1.29 is 31.1 Å². The van der Waals surface area contributed by atoms with E-state index in [-0.39, 0.29) is 22.9 Å². The Hall–Kier alpha value is -3.13. The molecule has 41 heavy (non-hydrogen) atoms. The number of methoxy groups -OCH3 is 1. The number of nitrogens with zero attached hydrogens (tertiary/aromatic N) is 2. The minimum absolute atomic E-state index is 0.00271. The Kier molecular flexibility index (Phi) is 9.95. The third-order valence-electron chi connectivity index (χ3n) is 6.54. The summed E-state index contributed by atoms with van der Waals surface area (Å²) in [4.78, 5) is 13.1. The summed E-state index contributed by atoms with van der Waals surface area (Å²) in [5.41, 5.74) is 1.29. The van der Waals surface area contributed by atoms with Gasteiger partial charge in [0.2, 0.25) is 15.9 Å². The number of benzene rings is 3. The van der Waals surface area contributed by atoms with Crippen LogP contribution in [0.1, 0.15) is 18.4 Å². The SMILES string of the molecule is COc1ccc(S(=O)(=O)N(CC(=O)NCCOc2ccc(S(=O)(=O)N3CCCC3)cc2)c2ccc(C)cc2)cc1Br. The molecule has 1 fully saturated rings. The molecule has 0 bridgehead atoms. The molecular weight excluding hydrogens is 634 g/mol. The van der Waals surface area contributed by atoms with Crippen LogP contribution in [0.3, 0.4) is 0 Å². The van der Waals surface area contributed by atoms with Crippen molar-refractivity contribution in [3.63, 3.8) is 0 Å². The quantitative estimate of drug-likeness (QED) is 0.291. The van der Waals surface area contributed by atoms with Gasteiger partial charge in [-0.05, 0) is 90.3 Å². The fraction of sp³-hybridized carbons (Fsp3) is 0.321. The van der Waals surface area contributed by atoms with E-state index in [0.29, 0.717) is 34.7 Å². The Balaban J connectivity index is 1.38. The van der Waals surface area contributed by atoms with Gasteiger partial charge in [-0.2, -0.15) is 4.31 Å². The van der Waals surface area contributed by atoms with Crippen LogP contribution in [0.5, 0.6) is 11.5 Å². The summed E-state index contributed by atoms with van der Waals surface area (Å²) in [5.74, 6) is 0.414. The van der Waals surface area contributed by atoms with Gasteiger partial charge in [-0.1, -0.05) is 17.7 Å². The Morgan fingerprint density at radius 1 is 0.951 bits per heavy atom. The third-order valence-corrected chi connectivity index (χ3v) is 10.8. The molecule has 1 N–H and O–H groups in total. The highest BCUT2D eigenvalue weighted by Crippen LogP contribution is 2.31. The molecule has 0 atom stereocenters. The molecule has 13 heteroatoms. The van der Waals surface area contributed by atoms with Gasteiger partial charge in [-0.3, -0.25) is 9.10 Å². The van der Waals surface area contributed by atoms with E-state index >= 15 is 0 Å². The third kappa shape index (κ3) is 7.39. The van der Waals surface area contributed by atoms with Gasteiger partial charge in [0, 0.05) is 13.1 Å². The summed E-state index contributed by atoms with van der Waals surface area (Å²) >= 11 is 3.32. The highest BCUT2D eigenvalue weighted by molar-refractivity contribution is 9.10. The summed E-state index contributed by atoms with van der Waals surface area (Å²) in [7, 11) is -6.13. The van der Waals surface area contributed by atoms with E-state index in [0.717, 1.165) is 22.7 Å². The number of carbonyl (C=O) groups is 1. The van der Waals surface area contributed by atoms with Crippen molar-refractivity contribution in [2.75, 3.05) is 44.2 Å². The largest absolute Gasteiger partial charge is 0.496 e. The van der Waals surface area contributed by atoms with Crippen molar-refractivity contribution in [1.29, 1.82) is 0 Å². The predicted octanol–water partition coefficient (Wildman–Crippen LogP) is 3.94. The van der Waals surface area contributed by atoms with E-state index in [4.69, 9.17) is 9.47 Å². The van der Waals surface area contributed by atoms with Crippen molar-refractivity contribution in [1.82, 2.24) is 9.62 Å². The van der Waals surface area contributed by atoms with E-state index in [9.17, 15) is 21.6 Å². The lowest BCUT2D eigenvalue weighted by Crippen LogP contribution is -2.41. The number of halogens is 1. The van der Waals surface area contributed by atoms with Crippen LogP contribution in [0.15, 0.2) is 81.0 Å². The van der Waals surface area contributed by atoms with Gasteiger partial charge in [0.1, 0.15) is 24.7 Å². The first kappa shape index (κ1) is 30.8. The van der Waals surface area contributed by atoms with Gasteiger partial charge >= 0.3 is 0 Å². The van der Waals surface area contributed by atoms with Crippen LogP contribution < -0.4 is 19.1 Å². The minimum Gasteiger partial charge on any atom is -0.496 e. The maximum atomic E-state index is 13.6. The molecule has 3 aromatic rings. The first-order valence-corrected chi connectivity index (χ1v) is 16.6. The molecular formula is C28H32BrN3O7S2. The topological polar surface area (TPSA) is 122 Å². The molecule has 1 aliphatic heterocycles. The highest BCUT2D eigenvalue weighted by Gasteiger charge is 2.29. The smallest absolute Gasteiger partial charge is 0.264 e. The van der Waals surface area contributed by atoms with Crippen LogP contribution in [-0.4, -0.2) is 66.9 Å². The van der Waals surface area contributed by atoms with Crippen LogP contribution in [-0.2, 0) is 24.8 Å². The molecule has 0 spiro atoms. The van der Waals surface area contributed by atoms with Crippen LogP contribution in [0.25, 0.3) is 0 Å². The van der Waals surface area contributed by atoms with E-state index in [2.05, 4.69) is 21.2 Å². The van der Waals surface area contributed by atoms with E-state index in [1.54, 1.807) is 36.4 Å². The Morgan fingerprint density at radius 3 is 2.20 bits per heavy atom. The van der Waals surface area contributed by atoms with Crippen LogP contribution in [0.2, 0.25) is 0 Å². The summed E-state index contributed by atoms with van der Waals surface area (Å²) in [6.07, 6.45) is 1.72. The number of carbonyl (C=O) groups excluding carboxylic acids is 1. The summed E-state index contributed by atoms with van der Waals surface area (Å²) < 4.78 is 66.4. The molecule has 0 unspecified atom stereocenters. The Labute approximate surface area is 249 Å². The molecule has 3 aromatic carbocycles. The molecule has 0 aliphatic carbocycles. The predicted molar refractivity (Wildman–Crippen MR) is 159 cm³/mol. The number of ether oxygens (including phenoxy) is 2. The minimum atomic E-state index is -4.10. The van der Waals surface area contributed by atoms with Crippen molar-refractivity contribution in [3.8, 4) is 11.5 Å². The molecule has 1 heterocycles. The molecule has 10 nitrogen and oxygen atoms in total. The molecule has 0 radical (unpaired) electrons. The number of sulfonamides is 2. The molecule has 0 saturated carbocycles. The normalized spacial score (nSPS) is 14.0. The second-order valence-electron chi connectivity index (χ2n) is 9.42. The van der Waals surface area contributed by atoms with E-state index in [1.165, 1.54) is 41.7 Å². The number of hydrogen-bond acceptors (Lipinski definition) is 7. The van der Waals surface area contributed by atoms with Crippen molar-refractivity contribution in [3.05, 3.63) is 76.8 Å². The average Bonchev–Trinajstić information content (AvgIpc) is 3.51. The number of aryl methyl sites for hydroxylation is 1. The number of anilines is 1. The van der Waals surface area contributed by atoms with E-state index < -0.39 is 32.5 Å². The first-order valence-electron chi connectivity index (χ1n) is 12.9. The van der Waals surface area contributed by atoms with Crippen LogP contribution in [0, 0.1) is 6.92 Å². The molecule has 0 aromatic heterocycles. The van der Waals surface area contributed by atoms with Gasteiger partial charge in [0.05, 0.1) is 33.6 Å². The maximum Gasteiger partial charge on any atom is 0.264 e. The van der Waals surface area contributed by atoms with Crippen LogP contribution in [0.4, 0.5) is 5.69 Å². The van der Waals surface area contributed by atoms with Gasteiger partial charge in [-0.25, -0.2) is 16.8 Å². The fourth-order valence-electron chi connectivity index (χ4n) is 4.29. The molecule has 220 valence electrons. The monoisotopic (exact) mass is 665 g/mol. The van der Waals surface area contributed by atoms with Gasteiger partial charge < -0.3 is 14.8 Å². The molecule has 1 saturated heterocycles. The number of amides is 1. The lowest BCUT2D eigenvalue weighted by atomic mass is 10.2. The van der Waals surface area contributed by atoms with Crippen molar-refractivity contribution in [2.45, 2.75) is 29.6 Å². The lowest BCUT2D eigenvalue weighted by Gasteiger charge is -2.24. The highest BCUT2D eigenvalue weighted by atomic mass is 79.9. The Bertz CT molecular complexity index is 1570. The Morgan fingerprint density at radius 2 is 1.59 bits per heavy atom. The number of rotatable bonds is 12. The lowest BCUT2D eigenvalue weighted by molar-refractivity contribution is -0.119. The molecule has 1 amide bonds. The van der Waals surface area contributed by atoms with Gasteiger partial charge in [0.25, 0.3) is 10.0 Å². The van der Waals surface area contributed by atoms with E-state index in [1.807, 2.05) is 6.92 Å². The maximum absolute atomic E-state index is 13.6. The van der Waals surface area contributed by atoms with Gasteiger partial charge in [-0.15, -0.1) is 0 Å². The second kappa shape index (κ2) is 13.2. The summed E-state index contributed by atoms with van der Waals surface area (Å²) in [6.45, 7) is 2.71. The number of nitrogens with one attached hydrogen (secondary N) is 1. The first-order chi connectivity index (χ1) is 19.5. The van der Waals surface area contributed by atoms with Crippen molar-refractivity contribution >= 4 is 47.6 Å². The fourth-order valence-corrected chi connectivity index (χ4v) is 7.95. The standard InChI is InChI=1S/C28H32BrN3O7S2/c1-21-5-7-22(8-6-21)32(41(36,37)25-13-14-27(38-2)26(29)19-25)20-28(33)30-15-18-39-23-9-11-24(12-10-23)40(34,35)31-16-3-4-17-31/h5-14,19H,3-4,15-18,20H2,1-2H3,(H,30,33). The summed E-state index contributed by atoms with van der Waals surface area (Å²) in [6, 6.07) is 17.4. The van der Waals surface area contributed by atoms with Crippen molar-refractivity contribution in [2.24, 2.45) is 0 Å². The summed E-state index contributed by atoms with van der Waals surface area (Å²) in [5, 5.41) is 2.69. The molecule has 4 rings (SSSR count).